The highest BCUT2D eigenvalue weighted by Crippen LogP contribution is 2.24. The molecule has 0 amide bonds. The fourth-order valence-electron chi connectivity index (χ4n) is 1.90. The minimum absolute atomic E-state index is 0.782. The van der Waals surface area contributed by atoms with Gasteiger partial charge in [0.1, 0.15) is 0 Å². The highest BCUT2D eigenvalue weighted by Gasteiger charge is 2.04. The molecule has 0 unspecified atom stereocenters. The van der Waals surface area contributed by atoms with Crippen LogP contribution in [0.2, 0.25) is 5.02 Å². The molecule has 0 bridgehead atoms. The van der Waals surface area contributed by atoms with Crippen molar-refractivity contribution in [1.82, 2.24) is 4.57 Å². The molecule has 0 aliphatic heterocycles. The first-order chi connectivity index (χ1) is 8.22. The number of nitrogens with zero attached hydrogens (tertiary/aromatic N) is 1. The molecule has 2 aromatic heterocycles. The molecular formula is C13H9BrClNS. The van der Waals surface area contributed by atoms with Crippen LogP contribution in [0.15, 0.2) is 46.4 Å². The number of rotatable bonds is 2. The van der Waals surface area contributed by atoms with Crippen molar-refractivity contribution in [3.05, 3.63) is 56.3 Å². The third-order valence-electron chi connectivity index (χ3n) is 2.68. The van der Waals surface area contributed by atoms with Gasteiger partial charge in [-0.25, -0.2) is 0 Å². The lowest BCUT2D eigenvalue weighted by molar-refractivity contribution is 0.851. The van der Waals surface area contributed by atoms with Crippen LogP contribution >= 0.6 is 38.9 Å². The van der Waals surface area contributed by atoms with E-state index in [0.717, 1.165) is 16.0 Å². The van der Waals surface area contributed by atoms with Crippen molar-refractivity contribution < 1.29 is 0 Å². The number of aromatic nitrogens is 1. The Labute approximate surface area is 117 Å². The van der Waals surface area contributed by atoms with E-state index in [2.05, 4.69) is 50.3 Å². The van der Waals surface area contributed by atoms with Crippen LogP contribution in [0, 0.1) is 0 Å². The number of hydrogen-bond acceptors (Lipinski definition) is 1. The van der Waals surface area contributed by atoms with Crippen molar-refractivity contribution in [2.24, 2.45) is 0 Å². The molecule has 0 spiro atoms. The summed E-state index contributed by atoms with van der Waals surface area (Å²) in [6.07, 6.45) is 2.11. The minimum atomic E-state index is 0.782. The molecule has 0 radical (unpaired) electrons. The average molecular weight is 327 g/mol. The van der Waals surface area contributed by atoms with Gasteiger partial charge in [-0.05, 0) is 45.6 Å². The van der Waals surface area contributed by atoms with Crippen LogP contribution < -0.4 is 0 Å². The highest BCUT2D eigenvalue weighted by atomic mass is 79.9. The Morgan fingerprint density at radius 1 is 1.24 bits per heavy atom. The van der Waals surface area contributed by atoms with E-state index >= 15 is 0 Å². The number of fused-ring (bicyclic) bond motifs is 1. The predicted molar refractivity (Wildman–Crippen MR) is 78.1 cm³/mol. The third-order valence-corrected chi connectivity index (χ3v) is 4.60. The van der Waals surface area contributed by atoms with Gasteiger partial charge in [0.25, 0.3) is 0 Å². The van der Waals surface area contributed by atoms with E-state index in [9.17, 15) is 0 Å². The summed E-state index contributed by atoms with van der Waals surface area (Å²) in [6.45, 7) is 0.889. The second kappa shape index (κ2) is 4.48. The topological polar surface area (TPSA) is 4.93 Å². The van der Waals surface area contributed by atoms with Crippen molar-refractivity contribution in [1.29, 1.82) is 0 Å². The molecule has 3 rings (SSSR count). The summed E-state index contributed by atoms with van der Waals surface area (Å²) < 4.78 is 3.37. The molecule has 4 heteroatoms. The van der Waals surface area contributed by atoms with Crippen LogP contribution in [0.3, 0.4) is 0 Å². The summed E-state index contributed by atoms with van der Waals surface area (Å²) in [4.78, 5) is 1.33. The van der Waals surface area contributed by atoms with Crippen molar-refractivity contribution >= 4 is 49.8 Å². The zero-order valence-electron chi connectivity index (χ0n) is 8.86. The first-order valence-corrected chi connectivity index (χ1v) is 7.25. The summed E-state index contributed by atoms with van der Waals surface area (Å²) in [5.41, 5.74) is 1.18. The number of benzene rings is 1. The van der Waals surface area contributed by atoms with Crippen molar-refractivity contribution in [3.8, 4) is 0 Å². The second-order valence-corrected chi connectivity index (χ2v) is 6.23. The lowest BCUT2D eigenvalue weighted by atomic mass is 10.2. The summed E-state index contributed by atoms with van der Waals surface area (Å²) >= 11 is 11.3. The van der Waals surface area contributed by atoms with Gasteiger partial charge in [0, 0.05) is 31.5 Å². The molecule has 86 valence electrons. The van der Waals surface area contributed by atoms with Crippen LogP contribution in [-0.4, -0.2) is 4.57 Å². The maximum atomic E-state index is 6.04. The highest BCUT2D eigenvalue weighted by molar-refractivity contribution is 9.10. The predicted octanol–water partition coefficient (Wildman–Crippen LogP) is 5.17. The average Bonchev–Trinajstić information content (AvgIpc) is 2.87. The summed E-state index contributed by atoms with van der Waals surface area (Å²) in [5, 5.41) is 4.11. The molecule has 0 aliphatic carbocycles. The zero-order chi connectivity index (χ0) is 11.8. The van der Waals surface area contributed by atoms with E-state index in [0.29, 0.717) is 0 Å². The molecule has 0 atom stereocenters. The van der Waals surface area contributed by atoms with Crippen molar-refractivity contribution in [3.63, 3.8) is 0 Å². The molecule has 1 aromatic carbocycles. The van der Waals surface area contributed by atoms with Gasteiger partial charge in [0.2, 0.25) is 0 Å². The first-order valence-electron chi connectivity index (χ1n) is 5.20. The van der Waals surface area contributed by atoms with E-state index < -0.39 is 0 Å². The van der Waals surface area contributed by atoms with Gasteiger partial charge in [-0.1, -0.05) is 17.7 Å². The molecule has 0 saturated heterocycles. The summed E-state index contributed by atoms with van der Waals surface area (Å²) in [5.74, 6) is 0. The van der Waals surface area contributed by atoms with Gasteiger partial charge in [-0.2, -0.15) is 0 Å². The normalized spacial score (nSPS) is 11.2. The van der Waals surface area contributed by atoms with Gasteiger partial charge < -0.3 is 4.57 Å². The first kappa shape index (κ1) is 11.3. The molecule has 3 aromatic rings. The monoisotopic (exact) mass is 325 g/mol. The lowest BCUT2D eigenvalue weighted by Gasteiger charge is -2.03. The van der Waals surface area contributed by atoms with E-state index in [1.54, 1.807) is 11.3 Å². The number of halogens is 2. The third kappa shape index (κ3) is 2.28. The number of hydrogen-bond donors (Lipinski definition) is 0. The Bertz CT molecular complexity index is 671. The molecule has 17 heavy (non-hydrogen) atoms. The molecule has 1 nitrogen and oxygen atoms in total. The Kier molecular flexibility index (Phi) is 2.99. The van der Waals surface area contributed by atoms with Gasteiger partial charge in [-0.15, -0.1) is 11.3 Å². The summed E-state index contributed by atoms with van der Waals surface area (Å²) in [7, 11) is 0. The van der Waals surface area contributed by atoms with Crippen LogP contribution in [-0.2, 0) is 6.54 Å². The zero-order valence-corrected chi connectivity index (χ0v) is 12.0. The van der Waals surface area contributed by atoms with Gasteiger partial charge >= 0.3 is 0 Å². The van der Waals surface area contributed by atoms with Crippen LogP contribution in [0.4, 0.5) is 0 Å². The van der Waals surface area contributed by atoms with Crippen LogP contribution in [0.5, 0.6) is 0 Å². The van der Waals surface area contributed by atoms with Gasteiger partial charge in [0.15, 0.2) is 0 Å². The summed E-state index contributed by atoms with van der Waals surface area (Å²) in [6, 6.07) is 10.3. The van der Waals surface area contributed by atoms with Crippen molar-refractivity contribution in [2.45, 2.75) is 6.54 Å². The molecule has 0 aliphatic rings. The molecule has 0 saturated carbocycles. The Morgan fingerprint density at radius 3 is 2.88 bits per heavy atom. The van der Waals surface area contributed by atoms with E-state index in [1.165, 1.54) is 15.8 Å². The Balaban J connectivity index is 2.03. The fraction of sp³-hybridized carbons (Fsp3) is 0.0769. The Hall–Kier alpha value is -0.770. The van der Waals surface area contributed by atoms with Gasteiger partial charge in [0.05, 0.1) is 6.54 Å². The second-order valence-electron chi connectivity index (χ2n) is 3.88. The minimum Gasteiger partial charge on any atom is -0.342 e. The molecule has 0 fully saturated rings. The van der Waals surface area contributed by atoms with E-state index in [4.69, 9.17) is 11.6 Å². The SMILES string of the molecule is Clc1ccc2ccn(Cc3cc(Br)cs3)c2c1. The smallest absolute Gasteiger partial charge is 0.0569 e. The molecule has 0 N–H and O–H groups in total. The molecule has 2 heterocycles. The number of thiophene rings is 1. The van der Waals surface area contributed by atoms with Crippen LogP contribution in [0.25, 0.3) is 10.9 Å². The van der Waals surface area contributed by atoms with Crippen molar-refractivity contribution in [2.75, 3.05) is 0 Å². The largest absolute Gasteiger partial charge is 0.342 e. The van der Waals surface area contributed by atoms with E-state index in [-0.39, 0.29) is 0 Å². The Morgan fingerprint density at radius 2 is 2.12 bits per heavy atom. The quantitative estimate of drug-likeness (QED) is 0.612. The maximum absolute atomic E-state index is 6.04. The standard InChI is InChI=1S/C13H9BrClNS/c14-10-5-12(17-8-10)7-16-4-3-9-1-2-11(15)6-13(9)16/h1-6,8H,7H2. The maximum Gasteiger partial charge on any atom is 0.0569 e. The molecular weight excluding hydrogens is 318 g/mol. The van der Waals surface area contributed by atoms with Gasteiger partial charge in [-0.3, -0.25) is 0 Å². The lowest BCUT2D eigenvalue weighted by Crippen LogP contribution is -1.95. The van der Waals surface area contributed by atoms with E-state index in [1.807, 2.05) is 12.1 Å². The van der Waals surface area contributed by atoms with Crippen LogP contribution in [0.1, 0.15) is 4.88 Å². The fourth-order valence-corrected chi connectivity index (χ4v) is 3.51.